The van der Waals surface area contributed by atoms with E-state index in [4.69, 9.17) is 15.6 Å². The molecular formula is C21H39N3O6S. The van der Waals surface area contributed by atoms with Crippen molar-refractivity contribution in [3.63, 3.8) is 0 Å². The van der Waals surface area contributed by atoms with Crippen LogP contribution in [0.25, 0.3) is 0 Å². The molecule has 9 nitrogen and oxygen atoms in total. The molecule has 0 bridgehead atoms. The van der Waals surface area contributed by atoms with Crippen LogP contribution in [0.1, 0.15) is 82.4 Å². The molecule has 0 spiro atoms. The number of aliphatic hydroxyl groups excluding tert-OH is 2. The standard InChI is InChI=1S/C16H26N2O5S.C4H11N.CH2O/c1-5-6-12(19)15(21)18(4)11(9(2)3)7-13(20)14-17-10(8-24-14)16(22)23;1-4(2,3)5;1-2/h8-9,11-13,19-20H,5-7H2,1-4H3,(H,22,23);5H2,1-3H3;1H2/t11?,12-,13?;;/m0../s1. The molecule has 1 heterocycles. The minimum atomic E-state index is -1.14. The van der Waals surface area contributed by atoms with Gasteiger partial charge in [-0.2, -0.15) is 0 Å². The molecule has 0 saturated heterocycles. The normalized spacial score (nSPS) is 13.8. The Morgan fingerprint density at radius 2 is 1.74 bits per heavy atom. The number of carboxylic acid groups (broad SMARTS) is 1. The van der Waals surface area contributed by atoms with E-state index in [1.807, 2.05) is 48.3 Å². The summed E-state index contributed by atoms with van der Waals surface area (Å²) in [6.45, 7) is 13.6. The van der Waals surface area contributed by atoms with Gasteiger partial charge in [-0.05, 0) is 33.1 Å². The molecule has 1 aromatic rings. The van der Waals surface area contributed by atoms with E-state index in [-0.39, 0.29) is 35.5 Å². The van der Waals surface area contributed by atoms with E-state index in [2.05, 4.69) is 4.98 Å². The molecule has 1 rings (SSSR count). The third-order valence-electron chi connectivity index (χ3n) is 3.95. The molecule has 0 radical (unpaired) electrons. The summed E-state index contributed by atoms with van der Waals surface area (Å²) in [5.41, 5.74) is 5.26. The lowest BCUT2D eigenvalue weighted by atomic mass is 9.96. The summed E-state index contributed by atoms with van der Waals surface area (Å²) in [7, 11) is 1.61. The van der Waals surface area contributed by atoms with Gasteiger partial charge in [0, 0.05) is 30.4 Å². The molecule has 180 valence electrons. The van der Waals surface area contributed by atoms with Crippen molar-refractivity contribution in [1.82, 2.24) is 9.88 Å². The summed E-state index contributed by atoms with van der Waals surface area (Å²) >= 11 is 1.08. The largest absolute Gasteiger partial charge is 0.476 e. The minimum Gasteiger partial charge on any atom is -0.476 e. The molecule has 0 aliphatic carbocycles. The highest BCUT2D eigenvalue weighted by atomic mass is 32.1. The number of aliphatic hydroxyl groups is 2. The zero-order valence-electron chi connectivity index (χ0n) is 19.7. The summed E-state index contributed by atoms with van der Waals surface area (Å²) in [6.07, 6.45) is -0.686. The van der Waals surface area contributed by atoms with Gasteiger partial charge >= 0.3 is 5.97 Å². The summed E-state index contributed by atoms with van der Waals surface area (Å²) in [5, 5.41) is 30.9. The maximum Gasteiger partial charge on any atom is 0.355 e. The van der Waals surface area contributed by atoms with Gasteiger partial charge in [0.2, 0.25) is 0 Å². The Morgan fingerprint density at radius 3 is 2.10 bits per heavy atom. The number of nitrogens with zero attached hydrogens (tertiary/aromatic N) is 2. The highest BCUT2D eigenvalue weighted by molar-refractivity contribution is 7.09. The number of aromatic carboxylic acids is 1. The number of aromatic nitrogens is 1. The Kier molecular flexibility index (Phi) is 15.2. The van der Waals surface area contributed by atoms with Gasteiger partial charge in [-0.15, -0.1) is 11.3 Å². The SMILES string of the molecule is C=O.CC(C)(C)N.CCC[C@H](O)C(=O)N(C)C(CC(O)c1nc(C(=O)O)cs1)C(C)C. The van der Waals surface area contributed by atoms with Crippen molar-refractivity contribution < 1.29 is 29.7 Å². The molecule has 10 heteroatoms. The topological polar surface area (TPSA) is 154 Å². The van der Waals surface area contributed by atoms with E-state index in [1.54, 1.807) is 7.05 Å². The van der Waals surface area contributed by atoms with Crippen LogP contribution in [0.15, 0.2) is 5.38 Å². The number of thiazole rings is 1. The Morgan fingerprint density at radius 1 is 1.26 bits per heavy atom. The number of likely N-dealkylation sites (N-methyl/N-ethyl adjacent to an activating group) is 1. The summed E-state index contributed by atoms with van der Waals surface area (Å²) in [4.78, 5) is 36.6. The predicted molar refractivity (Wildman–Crippen MR) is 122 cm³/mol. The van der Waals surface area contributed by atoms with Crippen molar-refractivity contribution >= 4 is 30.0 Å². The third kappa shape index (κ3) is 13.2. The highest BCUT2D eigenvalue weighted by Gasteiger charge is 2.30. The molecule has 0 saturated carbocycles. The highest BCUT2D eigenvalue weighted by Crippen LogP contribution is 2.27. The van der Waals surface area contributed by atoms with Crippen molar-refractivity contribution in [2.24, 2.45) is 11.7 Å². The molecule has 5 N–H and O–H groups in total. The maximum absolute atomic E-state index is 12.3. The van der Waals surface area contributed by atoms with Crippen LogP contribution in [-0.4, -0.2) is 68.6 Å². The Hall–Kier alpha value is -1.88. The Labute approximate surface area is 189 Å². The first-order chi connectivity index (χ1) is 14.2. The first-order valence-corrected chi connectivity index (χ1v) is 11.0. The quantitative estimate of drug-likeness (QED) is 0.437. The lowest BCUT2D eigenvalue weighted by Crippen LogP contribution is -2.46. The molecule has 0 aromatic carbocycles. The second-order valence-electron chi connectivity index (χ2n) is 8.56. The Bertz CT molecular complexity index is 654. The molecule has 0 fully saturated rings. The van der Waals surface area contributed by atoms with Gasteiger partial charge < -0.3 is 30.7 Å². The fourth-order valence-electron chi connectivity index (χ4n) is 2.54. The van der Waals surface area contributed by atoms with Crippen LogP contribution in [0.4, 0.5) is 0 Å². The van der Waals surface area contributed by atoms with Crippen molar-refractivity contribution in [1.29, 1.82) is 0 Å². The molecule has 1 aromatic heterocycles. The lowest BCUT2D eigenvalue weighted by molar-refractivity contribution is -0.142. The zero-order valence-corrected chi connectivity index (χ0v) is 20.5. The molecule has 0 aliphatic heterocycles. The smallest absolute Gasteiger partial charge is 0.355 e. The maximum atomic E-state index is 12.3. The zero-order chi connectivity index (χ0) is 24.9. The van der Waals surface area contributed by atoms with E-state index < -0.39 is 18.2 Å². The van der Waals surface area contributed by atoms with Crippen LogP contribution < -0.4 is 5.73 Å². The van der Waals surface area contributed by atoms with Gasteiger partial charge in [0.1, 0.15) is 24.0 Å². The molecular weight excluding hydrogens is 422 g/mol. The lowest BCUT2D eigenvalue weighted by Gasteiger charge is -2.33. The summed E-state index contributed by atoms with van der Waals surface area (Å²) in [6, 6.07) is -0.295. The predicted octanol–water partition coefficient (Wildman–Crippen LogP) is 2.47. The van der Waals surface area contributed by atoms with Crippen molar-refractivity contribution in [3.05, 3.63) is 16.1 Å². The van der Waals surface area contributed by atoms with E-state index in [9.17, 15) is 19.8 Å². The number of carboxylic acids is 1. The van der Waals surface area contributed by atoms with Gasteiger partial charge in [-0.1, -0.05) is 27.2 Å². The summed E-state index contributed by atoms with van der Waals surface area (Å²) < 4.78 is 0. The first-order valence-electron chi connectivity index (χ1n) is 10.1. The average Bonchev–Trinajstić information content (AvgIpc) is 3.15. The molecule has 2 unspecified atom stereocenters. The van der Waals surface area contributed by atoms with Crippen LogP contribution in [-0.2, 0) is 9.59 Å². The van der Waals surface area contributed by atoms with Crippen LogP contribution in [0, 0.1) is 5.92 Å². The van der Waals surface area contributed by atoms with E-state index in [0.717, 1.165) is 11.3 Å². The number of carbonyl (C=O) groups excluding carboxylic acids is 2. The van der Waals surface area contributed by atoms with Gasteiger partial charge in [0.25, 0.3) is 5.91 Å². The van der Waals surface area contributed by atoms with Gasteiger partial charge in [0.05, 0.1) is 0 Å². The minimum absolute atomic E-state index is 0. The van der Waals surface area contributed by atoms with Crippen molar-refractivity contribution in [3.8, 4) is 0 Å². The summed E-state index contributed by atoms with van der Waals surface area (Å²) in [5.74, 6) is -1.45. The van der Waals surface area contributed by atoms with Crippen LogP contribution in [0.5, 0.6) is 0 Å². The van der Waals surface area contributed by atoms with Crippen LogP contribution in [0.2, 0.25) is 0 Å². The van der Waals surface area contributed by atoms with E-state index in [1.165, 1.54) is 10.3 Å². The number of carbonyl (C=O) groups is 3. The number of rotatable bonds is 9. The fraction of sp³-hybridized carbons (Fsp3) is 0.714. The second kappa shape index (κ2) is 15.0. The number of nitrogens with two attached hydrogens (primary N) is 1. The van der Waals surface area contributed by atoms with Crippen molar-refractivity contribution in [2.45, 2.75) is 84.6 Å². The monoisotopic (exact) mass is 461 g/mol. The van der Waals surface area contributed by atoms with Gasteiger partial charge in [0.15, 0.2) is 5.69 Å². The first kappa shape index (κ1) is 31.3. The van der Waals surface area contributed by atoms with Gasteiger partial charge in [-0.3, -0.25) is 4.79 Å². The average molecular weight is 462 g/mol. The number of hydrogen-bond acceptors (Lipinski definition) is 8. The van der Waals surface area contributed by atoms with E-state index in [0.29, 0.717) is 17.8 Å². The molecule has 31 heavy (non-hydrogen) atoms. The molecule has 3 atom stereocenters. The van der Waals surface area contributed by atoms with E-state index >= 15 is 0 Å². The number of amides is 1. The van der Waals surface area contributed by atoms with Crippen molar-refractivity contribution in [2.75, 3.05) is 7.05 Å². The van der Waals surface area contributed by atoms with Crippen LogP contribution >= 0.6 is 11.3 Å². The second-order valence-corrected chi connectivity index (χ2v) is 9.45. The third-order valence-corrected chi connectivity index (χ3v) is 4.90. The van der Waals surface area contributed by atoms with Gasteiger partial charge in [-0.25, -0.2) is 9.78 Å². The number of hydrogen-bond donors (Lipinski definition) is 4. The fourth-order valence-corrected chi connectivity index (χ4v) is 3.33. The Balaban J connectivity index is 0. The molecule has 1 amide bonds. The molecule has 0 aliphatic rings. The van der Waals surface area contributed by atoms with Crippen LogP contribution in [0.3, 0.4) is 0 Å².